The predicted molar refractivity (Wildman–Crippen MR) is 136 cm³/mol. The van der Waals surface area contributed by atoms with Crippen molar-refractivity contribution in [3.8, 4) is 0 Å². The molecule has 1 aliphatic rings. The maximum absolute atomic E-state index is 13.0. The summed E-state index contributed by atoms with van der Waals surface area (Å²) in [4.78, 5) is 15.9. The van der Waals surface area contributed by atoms with Gasteiger partial charge in [-0.15, -0.1) is 11.3 Å². The van der Waals surface area contributed by atoms with E-state index in [0.717, 1.165) is 42.1 Å². The van der Waals surface area contributed by atoms with Crippen molar-refractivity contribution in [2.24, 2.45) is 11.8 Å². The summed E-state index contributed by atoms with van der Waals surface area (Å²) in [6.45, 7) is 0.707. The first kappa shape index (κ1) is 27.7. The minimum atomic E-state index is -3.73. The number of sulfonamides is 1. The topological polar surface area (TPSA) is 79.0 Å². The second-order valence-electron chi connectivity index (χ2n) is 9.34. The molecule has 0 radical (unpaired) electrons. The van der Waals surface area contributed by atoms with E-state index >= 15 is 0 Å². The number of thiophene rings is 1. The Morgan fingerprint density at radius 1 is 1.14 bits per heavy atom. The van der Waals surface area contributed by atoms with E-state index < -0.39 is 15.8 Å². The minimum absolute atomic E-state index is 0.0150. The van der Waals surface area contributed by atoms with Crippen LogP contribution in [0.25, 0.3) is 0 Å². The van der Waals surface area contributed by atoms with E-state index in [4.69, 9.17) is 4.74 Å². The Morgan fingerprint density at radius 2 is 1.83 bits per heavy atom. The van der Waals surface area contributed by atoms with Crippen LogP contribution in [0.15, 0.2) is 46.7 Å². The van der Waals surface area contributed by atoms with Gasteiger partial charge >= 0.3 is 0 Å². The third kappa shape index (κ3) is 7.82. The highest BCUT2D eigenvalue weighted by Crippen LogP contribution is 2.40. The number of rotatable bonds is 12. The molecule has 1 heterocycles. The van der Waals surface area contributed by atoms with E-state index in [1.807, 2.05) is 11.3 Å². The quantitative estimate of drug-likeness (QED) is 0.427. The first-order valence-corrected chi connectivity index (χ1v) is 14.3. The number of nitrogens with zero attached hydrogens (tertiary/aromatic N) is 2. The summed E-state index contributed by atoms with van der Waals surface area (Å²) in [6.07, 6.45) is 4.47. The third-order valence-electron chi connectivity index (χ3n) is 6.62. The molecule has 1 saturated carbocycles. The van der Waals surface area contributed by atoms with Crippen molar-refractivity contribution < 1.29 is 22.3 Å². The summed E-state index contributed by atoms with van der Waals surface area (Å²) >= 11 is 1.82. The Kier molecular flexibility index (Phi) is 10.2. The first-order chi connectivity index (χ1) is 16.7. The van der Waals surface area contributed by atoms with Gasteiger partial charge in [-0.2, -0.15) is 4.31 Å². The second-order valence-corrected chi connectivity index (χ2v) is 12.4. The largest absolute Gasteiger partial charge is 0.370 e. The normalized spacial score (nSPS) is 19.7. The zero-order chi connectivity index (χ0) is 25.4. The lowest BCUT2D eigenvalue weighted by atomic mass is 9.77. The molecule has 0 saturated heterocycles. The van der Waals surface area contributed by atoms with E-state index in [1.165, 1.54) is 24.1 Å². The van der Waals surface area contributed by atoms with Gasteiger partial charge in [-0.1, -0.05) is 6.07 Å². The molecule has 3 rings (SSSR count). The summed E-state index contributed by atoms with van der Waals surface area (Å²) in [5, 5.41) is 5.09. The molecule has 35 heavy (non-hydrogen) atoms. The Morgan fingerprint density at radius 3 is 2.43 bits per heavy atom. The highest BCUT2D eigenvalue weighted by atomic mass is 32.2. The van der Waals surface area contributed by atoms with Crippen LogP contribution in [0.1, 0.15) is 36.6 Å². The molecule has 1 fully saturated rings. The Hall–Kier alpha value is -1.85. The highest BCUT2D eigenvalue weighted by molar-refractivity contribution is 7.89. The van der Waals surface area contributed by atoms with Gasteiger partial charge < -0.3 is 15.0 Å². The number of carbonyl (C=O) groups excluding carboxylic acids is 1. The zero-order valence-corrected chi connectivity index (χ0v) is 22.3. The fourth-order valence-corrected chi connectivity index (χ4v) is 6.82. The molecular weight excluding hydrogens is 489 g/mol. The molecule has 1 aromatic carbocycles. The first-order valence-electron chi connectivity index (χ1n) is 11.9. The fourth-order valence-electron chi connectivity index (χ4n) is 4.65. The molecule has 1 atom stereocenters. The van der Waals surface area contributed by atoms with Crippen LogP contribution in [0.4, 0.5) is 4.39 Å². The maximum atomic E-state index is 13.0. The van der Waals surface area contributed by atoms with Gasteiger partial charge in [0.25, 0.3) is 0 Å². The monoisotopic (exact) mass is 525 g/mol. The molecule has 1 aliphatic carbocycles. The summed E-state index contributed by atoms with van der Waals surface area (Å²) in [6, 6.07) is 9.46. The second kappa shape index (κ2) is 12.9. The summed E-state index contributed by atoms with van der Waals surface area (Å²) in [5.74, 6) is 0.404. The van der Waals surface area contributed by atoms with Crippen molar-refractivity contribution in [1.82, 2.24) is 14.5 Å². The summed E-state index contributed by atoms with van der Waals surface area (Å²) in [7, 11) is 1.99. The van der Waals surface area contributed by atoms with Gasteiger partial charge in [-0.25, -0.2) is 12.8 Å². The van der Waals surface area contributed by atoms with Crippen molar-refractivity contribution in [3.63, 3.8) is 0 Å². The number of hydrogen-bond acceptors (Lipinski definition) is 6. The Labute approximate surface area is 212 Å². The van der Waals surface area contributed by atoms with E-state index in [9.17, 15) is 17.6 Å². The van der Waals surface area contributed by atoms with Crippen LogP contribution in [-0.4, -0.2) is 71.0 Å². The standard InChI is InChI=1S/C25H36FN3O4S2/c1-28(2)25(23-5-4-16-34-23)20-8-6-19(7-9-20)17-27-24(30)18-33-15-14-29(3)35(31,32)22-12-10-21(26)11-13-22/h4-5,10-13,16,19-20,25H,6-9,14-15,17-18H2,1-3H3,(H,27,30). The van der Waals surface area contributed by atoms with Crippen LogP contribution in [0.3, 0.4) is 0 Å². The number of hydrogen-bond donors (Lipinski definition) is 1. The Balaban J connectivity index is 1.33. The number of nitrogens with one attached hydrogen (secondary N) is 1. The van der Waals surface area contributed by atoms with Crippen molar-refractivity contribution in [3.05, 3.63) is 52.5 Å². The average molecular weight is 526 g/mol. The fraction of sp³-hybridized carbons (Fsp3) is 0.560. The Bertz CT molecular complexity index is 1020. The lowest BCUT2D eigenvalue weighted by molar-refractivity contribution is -0.126. The highest BCUT2D eigenvalue weighted by Gasteiger charge is 2.30. The van der Waals surface area contributed by atoms with Crippen LogP contribution in [0.5, 0.6) is 0 Å². The van der Waals surface area contributed by atoms with Gasteiger partial charge in [0.1, 0.15) is 12.4 Å². The maximum Gasteiger partial charge on any atom is 0.246 e. The number of likely N-dealkylation sites (N-methyl/N-ethyl adjacent to an activating group) is 1. The number of halogens is 1. The minimum Gasteiger partial charge on any atom is -0.370 e. The van der Waals surface area contributed by atoms with Gasteiger partial charge in [0.05, 0.1) is 11.5 Å². The molecule has 1 N–H and O–H groups in total. The number of ether oxygens (including phenoxy) is 1. The lowest BCUT2D eigenvalue weighted by Crippen LogP contribution is -2.36. The van der Waals surface area contributed by atoms with Crippen LogP contribution < -0.4 is 5.32 Å². The molecule has 1 amide bonds. The zero-order valence-electron chi connectivity index (χ0n) is 20.7. The molecule has 0 aliphatic heterocycles. The van der Waals surface area contributed by atoms with Gasteiger partial charge in [0, 0.05) is 31.1 Å². The summed E-state index contributed by atoms with van der Waals surface area (Å²) < 4.78 is 44.5. The van der Waals surface area contributed by atoms with E-state index in [1.54, 1.807) is 0 Å². The molecule has 1 aromatic heterocycles. The van der Waals surface area contributed by atoms with Crippen molar-refractivity contribution in [1.29, 1.82) is 0 Å². The molecule has 10 heteroatoms. The van der Waals surface area contributed by atoms with Gasteiger partial charge in [-0.05, 0) is 87.3 Å². The molecule has 1 unspecified atom stereocenters. The number of amides is 1. The molecule has 194 valence electrons. The van der Waals surface area contributed by atoms with Crippen molar-refractivity contribution in [2.45, 2.75) is 36.6 Å². The molecule has 0 bridgehead atoms. The van der Waals surface area contributed by atoms with E-state index in [-0.39, 0.29) is 30.6 Å². The van der Waals surface area contributed by atoms with Crippen molar-refractivity contribution >= 4 is 27.3 Å². The van der Waals surface area contributed by atoms with Gasteiger partial charge in [-0.3, -0.25) is 4.79 Å². The van der Waals surface area contributed by atoms with E-state index in [0.29, 0.717) is 24.4 Å². The average Bonchev–Trinajstić information content (AvgIpc) is 3.35. The smallest absolute Gasteiger partial charge is 0.246 e. The van der Waals surface area contributed by atoms with Gasteiger partial charge in [0.2, 0.25) is 15.9 Å². The molecule has 2 aromatic rings. The van der Waals surface area contributed by atoms with E-state index in [2.05, 4.69) is 41.8 Å². The van der Waals surface area contributed by atoms with Crippen LogP contribution in [0.2, 0.25) is 0 Å². The lowest BCUT2D eigenvalue weighted by Gasteiger charge is -2.37. The van der Waals surface area contributed by atoms with Crippen LogP contribution in [-0.2, 0) is 19.6 Å². The van der Waals surface area contributed by atoms with Crippen molar-refractivity contribution in [2.75, 3.05) is 47.4 Å². The SMILES string of the molecule is CN(C)C(c1cccs1)C1CCC(CNC(=O)COCCN(C)S(=O)(=O)c2ccc(F)cc2)CC1. The number of carbonyl (C=O) groups is 1. The predicted octanol–water partition coefficient (Wildman–Crippen LogP) is 3.75. The van der Waals surface area contributed by atoms with Crippen LogP contribution >= 0.6 is 11.3 Å². The third-order valence-corrected chi connectivity index (χ3v) is 9.44. The van der Waals surface area contributed by atoms with Gasteiger partial charge in [0.15, 0.2) is 0 Å². The molecule has 0 spiro atoms. The number of benzene rings is 1. The summed E-state index contributed by atoms with van der Waals surface area (Å²) in [5.41, 5.74) is 0. The molecular formula is C25H36FN3O4S2. The molecule has 7 nitrogen and oxygen atoms in total. The van der Waals surface area contributed by atoms with Crippen LogP contribution in [0, 0.1) is 17.7 Å².